The molecule has 0 aliphatic carbocycles. The molecular weight excluding hydrogens is 430 g/mol. The van der Waals surface area contributed by atoms with Crippen molar-refractivity contribution in [3.05, 3.63) is 75.4 Å². The van der Waals surface area contributed by atoms with E-state index >= 15 is 0 Å². The topological polar surface area (TPSA) is 80.1 Å². The predicted octanol–water partition coefficient (Wildman–Crippen LogP) is 4.01. The number of nitriles is 1. The minimum absolute atomic E-state index is 0.395. The summed E-state index contributed by atoms with van der Waals surface area (Å²) in [6.45, 7) is 1.91. The molecule has 2 N–H and O–H groups in total. The second-order valence-corrected chi connectivity index (χ2v) is 7.95. The van der Waals surface area contributed by atoms with E-state index in [-0.39, 0.29) is 0 Å². The van der Waals surface area contributed by atoms with Gasteiger partial charge in [-0.25, -0.2) is 4.68 Å². The quantitative estimate of drug-likeness (QED) is 0.652. The van der Waals surface area contributed by atoms with E-state index < -0.39 is 6.23 Å². The molecule has 0 radical (unpaired) electrons. The van der Waals surface area contributed by atoms with Gasteiger partial charge >= 0.3 is 0 Å². The maximum Gasteiger partial charge on any atom is 0.226 e. The third-order valence-corrected chi connectivity index (χ3v) is 5.40. The molecule has 2 heterocycles. The van der Waals surface area contributed by atoms with E-state index in [0.29, 0.717) is 11.5 Å². The number of anilines is 1. The first-order chi connectivity index (χ1) is 13.9. The summed E-state index contributed by atoms with van der Waals surface area (Å²) in [5.41, 5.74) is 11.8. The molecule has 0 saturated carbocycles. The molecule has 1 unspecified atom stereocenters. The fraction of sp³-hybridized carbons (Fsp3) is 0.182. The van der Waals surface area contributed by atoms with Crippen LogP contribution in [-0.4, -0.2) is 30.1 Å². The van der Waals surface area contributed by atoms with E-state index in [0.717, 1.165) is 38.2 Å². The van der Waals surface area contributed by atoms with Gasteiger partial charge in [-0.2, -0.15) is 10.4 Å². The lowest BCUT2D eigenvalue weighted by Crippen LogP contribution is -2.33. The van der Waals surface area contributed by atoms with Gasteiger partial charge in [-0.3, -0.25) is 5.73 Å². The Kier molecular flexibility index (Phi) is 4.91. The van der Waals surface area contributed by atoms with E-state index in [9.17, 15) is 5.26 Å². The number of hydrogen-bond donors (Lipinski definition) is 1. The number of fused-ring (bicyclic) bond motifs is 1. The summed E-state index contributed by atoms with van der Waals surface area (Å²) in [5.74, 6) is 0.541. The van der Waals surface area contributed by atoms with Gasteiger partial charge < -0.3 is 9.64 Å². The standard InChI is InChI=1S/C22H20BrN5O/c1-13-19-20(14-7-9-16(10-8-14)27(2)3)18(12-24)21(25)29-22(19)28(26-13)17-6-4-5-15(23)11-17/h4-11,21H,25H2,1-3H3. The molecule has 0 amide bonds. The first kappa shape index (κ1) is 19.2. The Balaban J connectivity index is 1.94. The van der Waals surface area contributed by atoms with Crippen LogP contribution in [0, 0.1) is 18.3 Å². The van der Waals surface area contributed by atoms with Gasteiger partial charge in [-0.1, -0.05) is 34.1 Å². The molecule has 2 aromatic carbocycles. The van der Waals surface area contributed by atoms with Crippen LogP contribution in [0.1, 0.15) is 16.8 Å². The molecule has 3 aromatic rings. The molecule has 29 heavy (non-hydrogen) atoms. The molecule has 0 fully saturated rings. The molecule has 4 rings (SSSR count). The average Bonchev–Trinajstić information content (AvgIpc) is 3.03. The molecule has 1 aliphatic heterocycles. The van der Waals surface area contributed by atoms with E-state index in [4.69, 9.17) is 15.6 Å². The Morgan fingerprint density at radius 3 is 2.55 bits per heavy atom. The van der Waals surface area contributed by atoms with Crippen LogP contribution in [-0.2, 0) is 0 Å². The minimum Gasteiger partial charge on any atom is -0.453 e. The maximum absolute atomic E-state index is 9.80. The summed E-state index contributed by atoms with van der Waals surface area (Å²) >= 11 is 3.50. The smallest absolute Gasteiger partial charge is 0.226 e. The van der Waals surface area contributed by atoms with E-state index in [2.05, 4.69) is 22.0 Å². The zero-order valence-corrected chi connectivity index (χ0v) is 17.9. The van der Waals surface area contributed by atoms with Gasteiger partial charge in [0.05, 0.1) is 22.5 Å². The van der Waals surface area contributed by atoms with Crippen molar-refractivity contribution in [3.63, 3.8) is 0 Å². The van der Waals surface area contributed by atoms with Gasteiger partial charge in [0.15, 0.2) is 6.23 Å². The summed E-state index contributed by atoms with van der Waals surface area (Å²) in [6, 6.07) is 18.1. The SMILES string of the molecule is Cc1nn(-c2cccc(Br)c2)c2c1C(c1ccc(N(C)C)cc1)=C(C#N)C(N)O2. The van der Waals surface area contributed by atoms with Crippen LogP contribution in [0.5, 0.6) is 5.88 Å². The van der Waals surface area contributed by atoms with Crippen LogP contribution in [0.15, 0.2) is 58.6 Å². The number of halogens is 1. The summed E-state index contributed by atoms with van der Waals surface area (Å²) in [6.07, 6.45) is -0.863. The van der Waals surface area contributed by atoms with Gasteiger partial charge in [0.1, 0.15) is 6.07 Å². The summed E-state index contributed by atoms with van der Waals surface area (Å²) in [7, 11) is 3.98. The molecule has 6 nitrogen and oxygen atoms in total. The minimum atomic E-state index is -0.863. The van der Waals surface area contributed by atoms with Gasteiger partial charge in [0.25, 0.3) is 0 Å². The van der Waals surface area contributed by atoms with Gasteiger partial charge in [-0.05, 0) is 42.8 Å². The summed E-state index contributed by atoms with van der Waals surface area (Å²) in [5, 5.41) is 14.5. The van der Waals surface area contributed by atoms with Crippen molar-refractivity contribution in [1.82, 2.24) is 9.78 Å². The third kappa shape index (κ3) is 3.31. The van der Waals surface area contributed by atoms with Crippen molar-refractivity contribution in [2.45, 2.75) is 13.2 Å². The zero-order chi connectivity index (χ0) is 20.7. The predicted molar refractivity (Wildman–Crippen MR) is 117 cm³/mol. The molecule has 1 atom stereocenters. The van der Waals surface area contributed by atoms with Crippen molar-refractivity contribution in [1.29, 1.82) is 5.26 Å². The lowest BCUT2D eigenvalue weighted by atomic mass is 9.91. The maximum atomic E-state index is 9.80. The Hall–Kier alpha value is -3.08. The van der Waals surface area contributed by atoms with Crippen LogP contribution in [0.4, 0.5) is 5.69 Å². The number of rotatable bonds is 3. The largest absolute Gasteiger partial charge is 0.453 e. The molecule has 7 heteroatoms. The second-order valence-electron chi connectivity index (χ2n) is 7.04. The van der Waals surface area contributed by atoms with Crippen molar-refractivity contribution in [2.24, 2.45) is 5.73 Å². The number of benzene rings is 2. The molecule has 1 aromatic heterocycles. The van der Waals surface area contributed by atoms with Crippen LogP contribution < -0.4 is 15.4 Å². The average molecular weight is 450 g/mol. The third-order valence-electron chi connectivity index (χ3n) is 4.91. The van der Waals surface area contributed by atoms with E-state index in [1.807, 2.05) is 74.4 Å². The van der Waals surface area contributed by atoms with Gasteiger partial charge in [-0.15, -0.1) is 0 Å². The first-order valence-corrected chi connectivity index (χ1v) is 9.90. The lowest BCUT2D eigenvalue weighted by Gasteiger charge is -2.25. The van der Waals surface area contributed by atoms with Crippen LogP contribution in [0.3, 0.4) is 0 Å². The van der Waals surface area contributed by atoms with Crippen molar-refractivity contribution in [3.8, 4) is 17.6 Å². The highest BCUT2D eigenvalue weighted by atomic mass is 79.9. The monoisotopic (exact) mass is 449 g/mol. The Morgan fingerprint density at radius 1 is 1.21 bits per heavy atom. The number of aryl methyl sites for hydroxylation is 1. The fourth-order valence-electron chi connectivity index (χ4n) is 3.49. The van der Waals surface area contributed by atoms with Gasteiger partial charge in [0, 0.05) is 29.8 Å². The second kappa shape index (κ2) is 7.39. The highest BCUT2D eigenvalue weighted by molar-refractivity contribution is 9.10. The highest BCUT2D eigenvalue weighted by Gasteiger charge is 2.33. The summed E-state index contributed by atoms with van der Waals surface area (Å²) in [4.78, 5) is 2.03. The Morgan fingerprint density at radius 2 is 1.93 bits per heavy atom. The lowest BCUT2D eigenvalue weighted by molar-refractivity contribution is 0.228. The molecule has 1 aliphatic rings. The van der Waals surface area contributed by atoms with Crippen molar-refractivity contribution < 1.29 is 4.74 Å². The van der Waals surface area contributed by atoms with Crippen molar-refractivity contribution >= 4 is 27.2 Å². The highest BCUT2D eigenvalue weighted by Crippen LogP contribution is 2.42. The normalized spacial score (nSPS) is 15.5. The number of hydrogen-bond acceptors (Lipinski definition) is 5. The van der Waals surface area contributed by atoms with E-state index in [1.165, 1.54) is 0 Å². The number of ether oxygens (including phenoxy) is 1. The number of aromatic nitrogens is 2. The zero-order valence-electron chi connectivity index (χ0n) is 16.3. The van der Waals surface area contributed by atoms with Crippen LogP contribution >= 0.6 is 15.9 Å². The van der Waals surface area contributed by atoms with Crippen molar-refractivity contribution in [2.75, 3.05) is 19.0 Å². The fourth-order valence-corrected chi connectivity index (χ4v) is 3.87. The molecule has 0 saturated heterocycles. The number of nitrogens with zero attached hydrogens (tertiary/aromatic N) is 4. The summed E-state index contributed by atoms with van der Waals surface area (Å²) < 4.78 is 8.64. The molecule has 146 valence electrons. The van der Waals surface area contributed by atoms with Crippen LogP contribution in [0.25, 0.3) is 11.3 Å². The molecule has 0 bridgehead atoms. The first-order valence-electron chi connectivity index (χ1n) is 9.11. The Bertz CT molecular complexity index is 1150. The van der Waals surface area contributed by atoms with Gasteiger partial charge in [0.2, 0.25) is 5.88 Å². The van der Waals surface area contributed by atoms with E-state index in [1.54, 1.807) is 4.68 Å². The Labute approximate surface area is 177 Å². The van der Waals surface area contributed by atoms with Crippen LogP contribution in [0.2, 0.25) is 0 Å². The molecular formula is C22H20BrN5O. The number of nitrogens with two attached hydrogens (primary N) is 1. The molecule has 0 spiro atoms.